The van der Waals surface area contributed by atoms with Crippen molar-refractivity contribution in [2.45, 2.75) is 33.6 Å². The van der Waals surface area contributed by atoms with Crippen LogP contribution in [0, 0.1) is 20.8 Å². The molecule has 0 aromatic carbocycles. The summed E-state index contributed by atoms with van der Waals surface area (Å²) in [4.78, 5) is 20.8. The van der Waals surface area contributed by atoms with E-state index in [0.717, 1.165) is 28.0 Å². The van der Waals surface area contributed by atoms with Crippen LogP contribution < -0.4 is 5.32 Å². The number of anilines is 1. The molecule has 0 saturated carbocycles. The van der Waals surface area contributed by atoms with Gasteiger partial charge in [-0.05, 0) is 38.3 Å². The first kappa shape index (κ1) is 15.6. The van der Waals surface area contributed by atoms with E-state index in [9.17, 15) is 4.79 Å². The van der Waals surface area contributed by atoms with Gasteiger partial charge in [0.1, 0.15) is 0 Å². The zero-order chi connectivity index (χ0) is 16.6. The number of aromatic nitrogens is 4. The van der Waals surface area contributed by atoms with Crippen LogP contribution in [0.1, 0.15) is 28.9 Å². The quantitative estimate of drug-likeness (QED) is 0.799. The Morgan fingerprint density at radius 2 is 2.09 bits per heavy atom. The number of thiazole rings is 1. The molecule has 0 aliphatic heterocycles. The average Bonchev–Trinajstić information content (AvgIpc) is 3.07. The number of fused-ring (bicyclic) bond motifs is 1. The second kappa shape index (κ2) is 6.08. The Hall–Kier alpha value is -2.28. The van der Waals surface area contributed by atoms with Crippen LogP contribution in [0.2, 0.25) is 0 Å². The fourth-order valence-electron chi connectivity index (χ4n) is 2.94. The molecule has 0 saturated heterocycles. The predicted molar refractivity (Wildman–Crippen MR) is 91.8 cm³/mol. The fourth-order valence-corrected chi connectivity index (χ4v) is 3.48. The molecule has 3 heterocycles. The first-order valence-electron chi connectivity index (χ1n) is 7.46. The van der Waals surface area contributed by atoms with E-state index in [4.69, 9.17) is 0 Å². The van der Waals surface area contributed by atoms with E-state index in [1.54, 1.807) is 6.20 Å². The van der Waals surface area contributed by atoms with Gasteiger partial charge in [-0.25, -0.2) is 9.97 Å². The minimum Gasteiger partial charge on any atom is -0.302 e. The number of carbonyl (C=O) groups excluding carboxylic acids is 1. The lowest BCUT2D eigenvalue weighted by atomic mass is 9.99. The molecule has 6 nitrogen and oxygen atoms in total. The van der Waals surface area contributed by atoms with Gasteiger partial charge in [0.05, 0.1) is 5.69 Å². The van der Waals surface area contributed by atoms with Crippen LogP contribution in [0.3, 0.4) is 0 Å². The van der Waals surface area contributed by atoms with Gasteiger partial charge in [-0.3, -0.25) is 9.48 Å². The molecule has 3 rings (SSSR count). The molecule has 0 fully saturated rings. The van der Waals surface area contributed by atoms with Gasteiger partial charge in [0.25, 0.3) is 0 Å². The summed E-state index contributed by atoms with van der Waals surface area (Å²) in [7, 11) is 1.91. The highest BCUT2D eigenvalue weighted by molar-refractivity contribution is 7.13. The third-order valence-electron chi connectivity index (χ3n) is 4.01. The molecular weight excluding hydrogens is 310 g/mol. The van der Waals surface area contributed by atoms with E-state index in [2.05, 4.69) is 27.3 Å². The smallest absolute Gasteiger partial charge is 0.226 e. The van der Waals surface area contributed by atoms with Crippen molar-refractivity contribution in [1.82, 2.24) is 19.7 Å². The van der Waals surface area contributed by atoms with Crippen LogP contribution in [0.15, 0.2) is 11.6 Å². The molecule has 0 spiro atoms. The molecule has 3 aromatic rings. The van der Waals surface area contributed by atoms with E-state index in [1.165, 1.54) is 16.9 Å². The van der Waals surface area contributed by atoms with Crippen molar-refractivity contribution in [3.05, 3.63) is 34.1 Å². The number of hydrogen-bond donors (Lipinski definition) is 1. The van der Waals surface area contributed by atoms with Gasteiger partial charge in [0.15, 0.2) is 10.8 Å². The maximum atomic E-state index is 12.1. The lowest BCUT2D eigenvalue weighted by molar-refractivity contribution is -0.116. The lowest BCUT2D eigenvalue weighted by Gasteiger charge is -2.11. The molecule has 0 aliphatic carbocycles. The summed E-state index contributed by atoms with van der Waals surface area (Å²) >= 11 is 1.42. The second-order valence-electron chi connectivity index (χ2n) is 5.59. The Balaban J connectivity index is 1.82. The van der Waals surface area contributed by atoms with Gasteiger partial charge >= 0.3 is 0 Å². The zero-order valence-electron chi connectivity index (χ0n) is 13.7. The van der Waals surface area contributed by atoms with Crippen LogP contribution in [0.25, 0.3) is 11.0 Å². The summed E-state index contributed by atoms with van der Waals surface area (Å²) in [5, 5.41) is 10.8. The maximum Gasteiger partial charge on any atom is 0.226 e. The Morgan fingerprint density at radius 3 is 2.78 bits per heavy atom. The minimum absolute atomic E-state index is 0.0262. The molecule has 120 valence electrons. The van der Waals surface area contributed by atoms with Crippen molar-refractivity contribution in [3.63, 3.8) is 0 Å². The van der Waals surface area contributed by atoms with Gasteiger partial charge in [0, 0.05) is 36.1 Å². The van der Waals surface area contributed by atoms with Crippen molar-refractivity contribution < 1.29 is 4.79 Å². The summed E-state index contributed by atoms with van der Waals surface area (Å²) in [6.07, 6.45) is 2.75. The number of pyridine rings is 1. The number of nitrogens with one attached hydrogen (secondary N) is 1. The van der Waals surface area contributed by atoms with Crippen molar-refractivity contribution in [3.8, 4) is 0 Å². The molecule has 0 aliphatic rings. The van der Waals surface area contributed by atoms with Gasteiger partial charge < -0.3 is 5.32 Å². The van der Waals surface area contributed by atoms with Gasteiger partial charge in [-0.2, -0.15) is 5.10 Å². The number of rotatable bonds is 4. The number of amides is 1. The van der Waals surface area contributed by atoms with E-state index >= 15 is 0 Å². The van der Waals surface area contributed by atoms with Gasteiger partial charge in [0.2, 0.25) is 5.91 Å². The van der Waals surface area contributed by atoms with Crippen molar-refractivity contribution in [1.29, 1.82) is 0 Å². The first-order valence-corrected chi connectivity index (χ1v) is 8.34. The third-order valence-corrected chi connectivity index (χ3v) is 4.70. The van der Waals surface area contributed by atoms with Crippen LogP contribution >= 0.6 is 11.3 Å². The molecule has 23 heavy (non-hydrogen) atoms. The highest BCUT2D eigenvalue weighted by Gasteiger charge is 2.16. The molecule has 0 unspecified atom stereocenters. The maximum absolute atomic E-state index is 12.1. The molecule has 1 N–H and O–H groups in total. The summed E-state index contributed by atoms with van der Waals surface area (Å²) in [6, 6.07) is 0. The van der Waals surface area contributed by atoms with Gasteiger partial charge in [-0.1, -0.05) is 0 Å². The Bertz CT molecular complexity index is 867. The second-order valence-corrected chi connectivity index (χ2v) is 6.49. The molecule has 0 atom stereocenters. The number of hydrogen-bond acceptors (Lipinski definition) is 5. The summed E-state index contributed by atoms with van der Waals surface area (Å²) < 4.78 is 1.81. The Morgan fingerprint density at radius 1 is 1.30 bits per heavy atom. The van der Waals surface area contributed by atoms with E-state index < -0.39 is 0 Å². The van der Waals surface area contributed by atoms with Crippen molar-refractivity contribution in [2.75, 3.05) is 5.32 Å². The monoisotopic (exact) mass is 329 g/mol. The van der Waals surface area contributed by atoms with Crippen LogP contribution in [0.4, 0.5) is 5.13 Å². The molecule has 0 radical (unpaired) electrons. The first-order chi connectivity index (χ1) is 11.0. The third kappa shape index (κ3) is 2.96. The molecule has 1 amide bonds. The fraction of sp³-hybridized carbons (Fsp3) is 0.375. The van der Waals surface area contributed by atoms with Crippen LogP contribution in [-0.4, -0.2) is 25.7 Å². The number of aryl methyl sites for hydroxylation is 4. The summed E-state index contributed by atoms with van der Waals surface area (Å²) in [5.41, 5.74) is 5.12. The average molecular weight is 329 g/mol. The SMILES string of the molecule is Cc1nc2c(c(C)nn2C)c(C)c1CCC(=O)Nc1nccs1. The van der Waals surface area contributed by atoms with E-state index in [-0.39, 0.29) is 5.91 Å². The highest BCUT2D eigenvalue weighted by Crippen LogP contribution is 2.26. The topological polar surface area (TPSA) is 72.7 Å². The summed E-state index contributed by atoms with van der Waals surface area (Å²) in [5.74, 6) is -0.0262. The molecular formula is C16H19N5OS. The minimum atomic E-state index is -0.0262. The molecule has 7 heteroatoms. The number of nitrogens with zero attached hydrogens (tertiary/aromatic N) is 4. The summed E-state index contributed by atoms with van der Waals surface area (Å²) in [6.45, 7) is 6.06. The molecule has 0 bridgehead atoms. The Kier molecular flexibility index (Phi) is 4.12. The Labute approximate surface area is 138 Å². The normalized spacial score (nSPS) is 11.1. The number of carbonyl (C=O) groups is 1. The largest absolute Gasteiger partial charge is 0.302 e. The van der Waals surface area contributed by atoms with Crippen LogP contribution in [0.5, 0.6) is 0 Å². The van der Waals surface area contributed by atoms with E-state index in [0.29, 0.717) is 18.0 Å². The lowest BCUT2D eigenvalue weighted by Crippen LogP contribution is -2.13. The zero-order valence-corrected chi connectivity index (χ0v) is 14.5. The molecule has 3 aromatic heterocycles. The van der Waals surface area contributed by atoms with Gasteiger partial charge in [-0.15, -0.1) is 11.3 Å². The van der Waals surface area contributed by atoms with Crippen molar-refractivity contribution in [2.24, 2.45) is 7.05 Å². The van der Waals surface area contributed by atoms with Crippen molar-refractivity contribution >= 4 is 33.4 Å². The van der Waals surface area contributed by atoms with Crippen LogP contribution in [-0.2, 0) is 18.3 Å². The highest BCUT2D eigenvalue weighted by atomic mass is 32.1. The predicted octanol–water partition coefficient (Wildman–Crippen LogP) is 2.92. The van der Waals surface area contributed by atoms with E-state index in [1.807, 2.05) is 31.0 Å². The standard InChI is InChI=1S/C16H19N5OS/c1-9-12(5-6-13(22)19-16-17-7-8-23-16)10(2)18-15-14(9)11(3)20-21(15)4/h7-8H,5-6H2,1-4H3,(H,17,19,22).